The van der Waals surface area contributed by atoms with Crippen LogP contribution in [-0.2, 0) is 4.57 Å². The van der Waals surface area contributed by atoms with Crippen molar-refractivity contribution in [2.75, 3.05) is 0 Å². The van der Waals surface area contributed by atoms with Crippen molar-refractivity contribution < 1.29 is 18.5 Å². The van der Waals surface area contributed by atoms with Crippen LogP contribution in [0.25, 0.3) is 21.9 Å². The first kappa shape index (κ1) is 20.8. The third-order valence-electron chi connectivity index (χ3n) is 4.76. The number of aryl methyl sites for hydroxylation is 1. The third-order valence-corrected chi connectivity index (χ3v) is 5.70. The average molecular weight is 453 g/mol. The quantitative estimate of drug-likeness (QED) is 0.172. The van der Waals surface area contributed by atoms with Gasteiger partial charge in [-0.1, -0.05) is 54.1 Å². The summed E-state index contributed by atoms with van der Waals surface area (Å²) in [7, 11) is -2.62. The molecular formula is C23H16ClNO5P+. The van der Waals surface area contributed by atoms with Crippen LogP contribution in [0, 0.1) is 17.0 Å². The summed E-state index contributed by atoms with van der Waals surface area (Å²) in [5.74, 6) is 0.583. The first-order valence-electron chi connectivity index (χ1n) is 9.29. The van der Waals surface area contributed by atoms with E-state index in [9.17, 15) is 14.7 Å². The van der Waals surface area contributed by atoms with Gasteiger partial charge in [-0.05, 0) is 48.2 Å². The summed E-state index contributed by atoms with van der Waals surface area (Å²) in [4.78, 5) is 11.2. The number of benzene rings is 4. The van der Waals surface area contributed by atoms with E-state index in [1.165, 1.54) is 6.07 Å². The Morgan fingerprint density at radius 2 is 1.65 bits per heavy atom. The normalized spacial score (nSPS) is 11.2. The van der Waals surface area contributed by atoms with Gasteiger partial charge in [0.25, 0.3) is 5.69 Å². The molecule has 0 aliphatic heterocycles. The molecule has 0 N–H and O–H groups in total. The van der Waals surface area contributed by atoms with Gasteiger partial charge in [0.15, 0.2) is 5.75 Å². The van der Waals surface area contributed by atoms with Crippen LogP contribution >= 0.6 is 19.9 Å². The minimum Gasteiger partial charge on any atom is -0.258 e. The fraction of sp³-hybridized carbons (Fsp3) is 0.0435. The van der Waals surface area contributed by atoms with Gasteiger partial charge < -0.3 is 0 Å². The maximum absolute atomic E-state index is 12.7. The average Bonchev–Trinajstić information content (AvgIpc) is 2.75. The molecule has 31 heavy (non-hydrogen) atoms. The molecule has 1 atom stereocenters. The van der Waals surface area contributed by atoms with E-state index in [-0.39, 0.29) is 11.4 Å². The van der Waals surface area contributed by atoms with Crippen LogP contribution in [0.4, 0.5) is 5.69 Å². The Labute approximate surface area is 184 Å². The molecule has 0 saturated carbocycles. The highest BCUT2D eigenvalue weighted by atomic mass is 35.5. The molecule has 154 valence electrons. The van der Waals surface area contributed by atoms with E-state index < -0.39 is 13.2 Å². The zero-order valence-electron chi connectivity index (χ0n) is 16.3. The number of halogens is 1. The Balaban J connectivity index is 1.83. The highest BCUT2D eigenvalue weighted by molar-refractivity contribution is 7.34. The van der Waals surface area contributed by atoms with Gasteiger partial charge in [-0.3, -0.25) is 10.1 Å². The maximum Gasteiger partial charge on any atom is 0.805 e. The second-order valence-corrected chi connectivity index (χ2v) is 8.00. The molecule has 0 saturated heterocycles. The molecule has 0 amide bonds. The molecule has 0 aliphatic rings. The number of fused-ring (bicyclic) bond motifs is 1. The lowest BCUT2D eigenvalue weighted by molar-refractivity contribution is -0.384. The van der Waals surface area contributed by atoms with Gasteiger partial charge in [-0.2, -0.15) is 0 Å². The fourth-order valence-electron chi connectivity index (χ4n) is 3.37. The lowest BCUT2D eigenvalue weighted by atomic mass is 9.95. The van der Waals surface area contributed by atoms with Crippen molar-refractivity contribution in [3.8, 4) is 22.6 Å². The lowest BCUT2D eigenvalue weighted by Crippen LogP contribution is -1.97. The van der Waals surface area contributed by atoms with Crippen molar-refractivity contribution in [3.05, 3.63) is 99.6 Å². The minimum atomic E-state index is -2.62. The summed E-state index contributed by atoms with van der Waals surface area (Å²) in [6, 6.07) is 22.2. The molecule has 0 aromatic heterocycles. The molecule has 8 heteroatoms. The standard InChI is InChI=1S/C23H16ClNO5P/c1-15-5-4-8-21(25(26)27)22(15)20-14-9-16-6-2-3-7-19(16)23(20)30-31(28)29-18-12-10-17(24)11-13-18/h2-14H,1H3/q+1. The molecule has 4 aromatic rings. The highest BCUT2D eigenvalue weighted by Crippen LogP contribution is 2.45. The molecule has 0 aliphatic carbocycles. The number of nitro groups is 1. The predicted molar refractivity (Wildman–Crippen MR) is 121 cm³/mol. The van der Waals surface area contributed by atoms with Crippen molar-refractivity contribution in [2.24, 2.45) is 0 Å². The summed E-state index contributed by atoms with van der Waals surface area (Å²) in [5.41, 5.74) is 1.51. The van der Waals surface area contributed by atoms with E-state index >= 15 is 0 Å². The van der Waals surface area contributed by atoms with Crippen molar-refractivity contribution in [1.82, 2.24) is 0 Å². The zero-order chi connectivity index (χ0) is 22.0. The van der Waals surface area contributed by atoms with Gasteiger partial charge in [0, 0.05) is 26.6 Å². The van der Waals surface area contributed by atoms with E-state index in [0.717, 1.165) is 5.39 Å². The van der Waals surface area contributed by atoms with Gasteiger partial charge in [0.05, 0.1) is 10.5 Å². The molecule has 6 nitrogen and oxygen atoms in total. The van der Waals surface area contributed by atoms with Crippen LogP contribution in [0.2, 0.25) is 5.02 Å². The van der Waals surface area contributed by atoms with E-state index in [1.54, 1.807) is 49.4 Å². The summed E-state index contributed by atoms with van der Waals surface area (Å²) in [6.45, 7) is 1.78. The van der Waals surface area contributed by atoms with Crippen LogP contribution in [0.1, 0.15) is 5.56 Å². The number of hydrogen-bond acceptors (Lipinski definition) is 5. The largest absolute Gasteiger partial charge is 0.805 e. The Morgan fingerprint density at radius 3 is 2.39 bits per heavy atom. The van der Waals surface area contributed by atoms with E-state index in [0.29, 0.717) is 32.8 Å². The van der Waals surface area contributed by atoms with Gasteiger partial charge in [-0.25, -0.2) is 9.05 Å². The van der Waals surface area contributed by atoms with Gasteiger partial charge in [-0.15, -0.1) is 0 Å². The maximum atomic E-state index is 12.7. The van der Waals surface area contributed by atoms with Crippen LogP contribution < -0.4 is 9.05 Å². The third kappa shape index (κ3) is 4.36. The van der Waals surface area contributed by atoms with Gasteiger partial charge >= 0.3 is 8.25 Å². The number of nitro benzene ring substituents is 1. The monoisotopic (exact) mass is 452 g/mol. The Hall–Kier alpha value is -3.47. The lowest BCUT2D eigenvalue weighted by Gasteiger charge is -2.11. The molecule has 0 fully saturated rings. The number of hydrogen-bond donors (Lipinski definition) is 0. The second kappa shape index (κ2) is 8.72. The predicted octanol–water partition coefficient (Wildman–Crippen LogP) is 7.49. The topological polar surface area (TPSA) is 78.7 Å². The summed E-state index contributed by atoms with van der Waals surface area (Å²) >= 11 is 5.87. The number of rotatable bonds is 6. The zero-order valence-corrected chi connectivity index (χ0v) is 18.0. The van der Waals surface area contributed by atoms with Crippen LogP contribution in [-0.4, -0.2) is 4.92 Å². The Bertz CT molecular complexity index is 1310. The summed E-state index contributed by atoms with van der Waals surface area (Å²) in [6.07, 6.45) is 0. The SMILES string of the molecule is Cc1cccc([N+](=O)[O-])c1-c1ccc2ccccc2c1O[P+](=O)Oc1ccc(Cl)cc1. The van der Waals surface area contributed by atoms with E-state index in [4.69, 9.17) is 20.6 Å². The first-order valence-corrected chi connectivity index (χ1v) is 10.8. The van der Waals surface area contributed by atoms with E-state index in [2.05, 4.69) is 0 Å². The van der Waals surface area contributed by atoms with E-state index in [1.807, 2.05) is 30.3 Å². The molecular weight excluding hydrogens is 437 g/mol. The van der Waals surface area contributed by atoms with Crippen LogP contribution in [0.15, 0.2) is 78.9 Å². The Morgan fingerprint density at radius 1 is 0.903 bits per heavy atom. The van der Waals surface area contributed by atoms with Crippen LogP contribution in [0.3, 0.4) is 0 Å². The molecule has 0 radical (unpaired) electrons. The highest BCUT2D eigenvalue weighted by Gasteiger charge is 2.30. The number of nitrogens with zero attached hydrogens (tertiary/aromatic N) is 1. The fourth-order valence-corrected chi connectivity index (χ4v) is 4.17. The van der Waals surface area contributed by atoms with Gasteiger partial charge in [0.1, 0.15) is 0 Å². The molecule has 4 aromatic carbocycles. The molecule has 0 heterocycles. The van der Waals surface area contributed by atoms with Crippen LogP contribution in [0.5, 0.6) is 11.5 Å². The van der Waals surface area contributed by atoms with Crippen molar-refractivity contribution in [1.29, 1.82) is 0 Å². The first-order chi connectivity index (χ1) is 14.9. The molecule has 4 rings (SSSR count). The molecule has 0 bridgehead atoms. The minimum absolute atomic E-state index is 0.0611. The van der Waals surface area contributed by atoms with Crippen molar-refractivity contribution >= 4 is 36.3 Å². The molecule has 1 unspecified atom stereocenters. The smallest absolute Gasteiger partial charge is 0.258 e. The van der Waals surface area contributed by atoms with Crippen molar-refractivity contribution in [3.63, 3.8) is 0 Å². The Kier molecular flexibility index (Phi) is 5.85. The molecule has 0 spiro atoms. The second-order valence-electron chi connectivity index (χ2n) is 6.75. The van der Waals surface area contributed by atoms with Gasteiger partial charge in [0.2, 0.25) is 5.75 Å². The summed E-state index contributed by atoms with van der Waals surface area (Å²) in [5, 5.41) is 13.7. The van der Waals surface area contributed by atoms with Crippen molar-refractivity contribution in [2.45, 2.75) is 6.92 Å². The summed E-state index contributed by atoms with van der Waals surface area (Å²) < 4.78 is 23.9.